The van der Waals surface area contributed by atoms with Gasteiger partial charge in [0.1, 0.15) is 5.82 Å². The molecular weight excluding hydrogens is 411 g/mol. The van der Waals surface area contributed by atoms with Gasteiger partial charge in [-0.15, -0.1) is 0 Å². The summed E-state index contributed by atoms with van der Waals surface area (Å²) >= 11 is 0. The van der Waals surface area contributed by atoms with Crippen molar-refractivity contribution >= 4 is 11.6 Å². The summed E-state index contributed by atoms with van der Waals surface area (Å²) in [7, 11) is 1.89. The fourth-order valence-electron chi connectivity index (χ4n) is 4.54. The quantitative estimate of drug-likeness (QED) is 0.363. The normalized spacial score (nSPS) is 14.0. The number of carbonyl (C=O) groups excluding carboxylic acids is 1. The zero-order chi connectivity index (χ0) is 23.0. The third-order valence-corrected chi connectivity index (χ3v) is 6.63. The highest BCUT2D eigenvalue weighted by atomic mass is 19.1. The number of hydrogen-bond donors (Lipinski definition) is 1. The van der Waals surface area contributed by atoms with Crippen LogP contribution in [0.1, 0.15) is 28.8 Å². The van der Waals surface area contributed by atoms with Gasteiger partial charge in [-0.1, -0.05) is 66.7 Å². The van der Waals surface area contributed by atoms with Crippen LogP contribution in [0, 0.1) is 5.82 Å². The summed E-state index contributed by atoms with van der Waals surface area (Å²) in [6.45, 7) is 0. The van der Waals surface area contributed by atoms with Crippen LogP contribution in [0.4, 0.5) is 10.1 Å². The molecular formula is C29H25FN2O. The van der Waals surface area contributed by atoms with E-state index in [1.165, 1.54) is 17.7 Å². The average Bonchev–Trinajstić information content (AvgIpc) is 3.66. The lowest BCUT2D eigenvalue weighted by Crippen LogP contribution is -2.37. The highest BCUT2D eigenvalue weighted by Gasteiger charge is 2.49. The molecule has 4 heteroatoms. The van der Waals surface area contributed by atoms with Crippen LogP contribution in [-0.4, -0.2) is 17.9 Å². The second-order valence-corrected chi connectivity index (χ2v) is 8.65. The molecule has 1 aliphatic rings. The largest absolute Gasteiger partial charge is 0.398 e. The van der Waals surface area contributed by atoms with Crippen LogP contribution in [0.25, 0.3) is 22.3 Å². The van der Waals surface area contributed by atoms with E-state index in [-0.39, 0.29) is 17.3 Å². The average molecular weight is 437 g/mol. The summed E-state index contributed by atoms with van der Waals surface area (Å²) in [6, 6.07) is 30.0. The van der Waals surface area contributed by atoms with Crippen LogP contribution in [0.15, 0.2) is 97.1 Å². The first-order valence-corrected chi connectivity index (χ1v) is 11.1. The van der Waals surface area contributed by atoms with Crippen LogP contribution in [0.3, 0.4) is 0 Å². The van der Waals surface area contributed by atoms with Crippen LogP contribution >= 0.6 is 0 Å². The van der Waals surface area contributed by atoms with Gasteiger partial charge in [0.25, 0.3) is 5.91 Å². The first kappa shape index (κ1) is 21.0. The minimum absolute atomic E-state index is 0.000271. The van der Waals surface area contributed by atoms with E-state index < -0.39 is 0 Å². The first-order chi connectivity index (χ1) is 16.0. The van der Waals surface area contributed by atoms with Crippen molar-refractivity contribution in [3.8, 4) is 22.3 Å². The van der Waals surface area contributed by atoms with Crippen molar-refractivity contribution < 1.29 is 9.18 Å². The molecule has 1 aliphatic carbocycles. The van der Waals surface area contributed by atoms with Gasteiger partial charge >= 0.3 is 0 Å². The van der Waals surface area contributed by atoms with Gasteiger partial charge in [-0.25, -0.2) is 4.39 Å². The third-order valence-electron chi connectivity index (χ3n) is 6.63. The lowest BCUT2D eigenvalue weighted by Gasteiger charge is -2.29. The minimum Gasteiger partial charge on any atom is -0.398 e. The summed E-state index contributed by atoms with van der Waals surface area (Å²) in [5, 5.41) is 0. The fourth-order valence-corrected chi connectivity index (χ4v) is 4.54. The van der Waals surface area contributed by atoms with Crippen molar-refractivity contribution in [1.29, 1.82) is 0 Å². The van der Waals surface area contributed by atoms with E-state index in [4.69, 9.17) is 5.73 Å². The molecule has 0 aromatic heterocycles. The van der Waals surface area contributed by atoms with Crippen LogP contribution in [0.5, 0.6) is 0 Å². The summed E-state index contributed by atoms with van der Waals surface area (Å²) in [5.74, 6) is -0.269. The molecule has 4 aromatic rings. The van der Waals surface area contributed by atoms with Gasteiger partial charge in [0, 0.05) is 23.9 Å². The van der Waals surface area contributed by atoms with Gasteiger partial charge in [-0.3, -0.25) is 4.79 Å². The molecule has 0 atom stereocenters. The predicted molar refractivity (Wildman–Crippen MR) is 131 cm³/mol. The topological polar surface area (TPSA) is 46.3 Å². The molecule has 164 valence electrons. The Morgan fingerprint density at radius 2 is 1.52 bits per heavy atom. The maximum atomic E-state index is 13.4. The maximum Gasteiger partial charge on any atom is 0.254 e. The number of amides is 1. The van der Waals surface area contributed by atoms with E-state index in [0.717, 1.165) is 35.1 Å². The van der Waals surface area contributed by atoms with Crippen LogP contribution < -0.4 is 5.73 Å². The first-order valence-electron chi connectivity index (χ1n) is 11.1. The molecule has 0 unspecified atom stereocenters. The van der Waals surface area contributed by atoms with Gasteiger partial charge in [0.2, 0.25) is 0 Å². The molecule has 5 rings (SSSR count). The van der Waals surface area contributed by atoms with E-state index in [0.29, 0.717) is 11.3 Å². The molecule has 1 fully saturated rings. The van der Waals surface area contributed by atoms with Crippen LogP contribution in [0.2, 0.25) is 0 Å². The zero-order valence-corrected chi connectivity index (χ0v) is 18.5. The van der Waals surface area contributed by atoms with Gasteiger partial charge in [0.15, 0.2) is 0 Å². The van der Waals surface area contributed by atoms with Gasteiger partial charge in [0.05, 0.1) is 5.54 Å². The smallest absolute Gasteiger partial charge is 0.254 e. The molecule has 0 heterocycles. The molecule has 0 bridgehead atoms. The van der Waals surface area contributed by atoms with Crippen molar-refractivity contribution in [3.05, 3.63) is 114 Å². The number of anilines is 1. The fraction of sp³-hybridized carbons (Fsp3) is 0.138. The number of benzene rings is 4. The highest BCUT2D eigenvalue weighted by molar-refractivity contribution is 5.96. The van der Waals surface area contributed by atoms with E-state index in [2.05, 4.69) is 12.1 Å². The third kappa shape index (κ3) is 3.89. The molecule has 0 saturated heterocycles. The van der Waals surface area contributed by atoms with E-state index in [1.807, 2.05) is 72.6 Å². The molecule has 0 aliphatic heterocycles. The Balaban J connectivity index is 1.42. The SMILES string of the molecule is CN(C(=O)c1cccc(-c2ccc(-c3ccc(F)cc3)cc2N)c1)C1(c2ccccc2)CC1. The highest BCUT2D eigenvalue weighted by Crippen LogP contribution is 2.50. The molecule has 2 N–H and O–H groups in total. The number of nitrogens with zero attached hydrogens (tertiary/aromatic N) is 1. The van der Waals surface area contributed by atoms with Crippen molar-refractivity contribution in [3.63, 3.8) is 0 Å². The molecule has 0 spiro atoms. The number of carbonyl (C=O) groups is 1. The molecule has 33 heavy (non-hydrogen) atoms. The number of halogens is 1. The summed E-state index contributed by atoms with van der Waals surface area (Å²) in [5.41, 5.74) is 12.2. The van der Waals surface area contributed by atoms with Gasteiger partial charge in [-0.05, 0) is 65.4 Å². The van der Waals surface area contributed by atoms with Gasteiger partial charge < -0.3 is 10.6 Å². The number of nitrogens with two attached hydrogens (primary N) is 1. The Morgan fingerprint density at radius 1 is 0.818 bits per heavy atom. The van der Waals surface area contributed by atoms with E-state index >= 15 is 0 Å². The van der Waals surface area contributed by atoms with E-state index in [9.17, 15) is 9.18 Å². The lowest BCUT2D eigenvalue weighted by molar-refractivity contribution is 0.0705. The van der Waals surface area contributed by atoms with Gasteiger partial charge in [-0.2, -0.15) is 0 Å². The van der Waals surface area contributed by atoms with Crippen molar-refractivity contribution in [2.24, 2.45) is 0 Å². The zero-order valence-electron chi connectivity index (χ0n) is 18.5. The van der Waals surface area contributed by atoms with Crippen molar-refractivity contribution in [1.82, 2.24) is 4.90 Å². The summed E-state index contributed by atoms with van der Waals surface area (Å²) < 4.78 is 13.2. The molecule has 1 amide bonds. The number of rotatable bonds is 5. The molecule has 3 nitrogen and oxygen atoms in total. The van der Waals surface area contributed by atoms with Crippen molar-refractivity contribution in [2.45, 2.75) is 18.4 Å². The molecule has 1 saturated carbocycles. The Bertz CT molecular complexity index is 1310. The Labute approximate surface area is 193 Å². The Hall–Kier alpha value is -3.92. The van der Waals surface area contributed by atoms with Crippen molar-refractivity contribution in [2.75, 3.05) is 12.8 Å². The van der Waals surface area contributed by atoms with E-state index in [1.54, 1.807) is 12.1 Å². The van der Waals surface area contributed by atoms with Crippen LogP contribution in [-0.2, 0) is 5.54 Å². The summed E-state index contributed by atoms with van der Waals surface area (Å²) in [4.78, 5) is 15.3. The second kappa shape index (κ2) is 8.21. The Kier molecular flexibility index (Phi) is 5.21. The molecule has 4 aromatic carbocycles. The standard InChI is InChI=1S/C29H25FN2O/c1-32(29(16-17-29)24-8-3-2-4-9-24)28(33)23-7-5-6-22(18-23)26-15-12-21(19-27(26)31)20-10-13-25(30)14-11-20/h2-15,18-19H,16-17,31H2,1H3. The number of nitrogen functional groups attached to an aromatic ring is 1. The maximum absolute atomic E-state index is 13.4. The second-order valence-electron chi connectivity index (χ2n) is 8.65. The Morgan fingerprint density at radius 3 is 2.18 bits per heavy atom. The predicted octanol–water partition coefficient (Wildman–Crippen LogP) is 6.50. The minimum atomic E-state index is -0.268. The lowest BCUT2D eigenvalue weighted by atomic mass is 9.96. The molecule has 0 radical (unpaired) electrons. The summed E-state index contributed by atoms with van der Waals surface area (Å²) in [6.07, 6.45) is 1.94. The number of hydrogen-bond acceptors (Lipinski definition) is 2. The monoisotopic (exact) mass is 436 g/mol.